The van der Waals surface area contributed by atoms with Crippen LogP contribution in [0.2, 0.25) is 5.28 Å². The quantitative estimate of drug-likeness (QED) is 0.852. The number of hydrogen-bond acceptors (Lipinski definition) is 4. The lowest BCUT2D eigenvalue weighted by Gasteiger charge is -2.40. The van der Waals surface area contributed by atoms with Crippen molar-refractivity contribution >= 4 is 29.0 Å². The minimum Gasteiger partial charge on any atom is -0.339 e. The van der Waals surface area contributed by atoms with E-state index in [9.17, 15) is 13.6 Å². The van der Waals surface area contributed by atoms with Crippen LogP contribution < -0.4 is 10.2 Å². The zero-order valence-corrected chi connectivity index (χ0v) is 12.2. The van der Waals surface area contributed by atoms with Gasteiger partial charge in [-0.1, -0.05) is 6.92 Å². The second-order valence-electron chi connectivity index (χ2n) is 5.45. The Kier molecular flexibility index (Phi) is 3.47. The van der Waals surface area contributed by atoms with Crippen LogP contribution in [-0.2, 0) is 4.79 Å². The second kappa shape index (κ2) is 5.05. The number of carbonyl (C=O) groups is 1. The Labute approximate surface area is 125 Å². The molecule has 1 aromatic heterocycles. The Balaban J connectivity index is 2.03. The smallest absolute Gasteiger partial charge is 0.250 e. The molecule has 1 aliphatic carbocycles. The van der Waals surface area contributed by atoms with E-state index in [1.54, 1.807) is 4.90 Å². The molecule has 2 aliphatic rings. The molecule has 2 heterocycles. The highest BCUT2D eigenvalue weighted by Gasteiger charge is 2.46. The van der Waals surface area contributed by atoms with Crippen molar-refractivity contribution in [3.8, 4) is 0 Å². The standard InChI is InChI=1S/C13H15ClF2N4O/c1-2-9-11(21)18-8-6-17-12(14)19-10(8)20(9)7-3-4-13(15,16)5-7/h6-7,9H,2-5H2,1H3,(H,18,21)/t7-,9?/m1/s1. The lowest BCUT2D eigenvalue weighted by Crippen LogP contribution is -2.52. The molecule has 2 atom stereocenters. The first-order valence-corrected chi connectivity index (χ1v) is 7.28. The van der Waals surface area contributed by atoms with Crippen LogP contribution in [0, 0.1) is 0 Å². The molecule has 0 saturated heterocycles. The molecule has 1 fully saturated rings. The monoisotopic (exact) mass is 316 g/mol. The maximum Gasteiger partial charge on any atom is 0.250 e. The molecule has 0 spiro atoms. The van der Waals surface area contributed by atoms with E-state index in [1.165, 1.54) is 6.20 Å². The average molecular weight is 317 g/mol. The molecule has 1 saturated carbocycles. The van der Waals surface area contributed by atoms with Gasteiger partial charge in [-0.25, -0.2) is 13.8 Å². The minimum absolute atomic E-state index is 0.0366. The van der Waals surface area contributed by atoms with Crippen molar-refractivity contribution in [1.82, 2.24) is 9.97 Å². The number of hydrogen-bond donors (Lipinski definition) is 1. The number of aromatic nitrogens is 2. The van der Waals surface area contributed by atoms with Crippen LogP contribution in [0.3, 0.4) is 0 Å². The number of nitrogens with zero attached hydrogens (tertiary/aromatic N) is 3. The molecular weight excluding hydrogens is 302 g/mol. The van der Waals surface area contributed by atoms with Gasteiger partial charge in [0, 0.05) is 18.9 Å². The zero-order valence-electron chi connectivity index (χ0n) is 11.4. The summed E-state index contributed by atoms with van der Waals surface area (Å²) in [6, 6.07) is -0.928. The summed E-state index contributed by atoms with van der Waals surface area (Å²) in [5.74, 6) is -2.47. The highest BCUT2D eigenvalue weighted by molar-refractivity contribution is 6.28. The number of fused-ring (bicyclic) bond motifs is 1. The van der Waals surface area contributed by atoms with Gasteiger partial charge in [0.25, 0.3) is 0 Å². The van der Waals surface area contributed by atoms with Crippen molar-refractivity contribution in [2.75, 3.05) is 10.2 Å². The predicted octanol–water partition coefficient (Wildman–Crippen LogP) is 2.85. The molecule has 1 unspecified atom stereocenters. The molecule has 114 valence electrons. The maximum absolute atomic E-state index is 13.5. The molecule has 0 aromatic carbocycles. The first-order valence-electron chi connectivity index (χ1n) is 6.91. The third kappa shape index (κ3) is 2.54. The van der Waals surface area contributed by atoms with Gasteiger partial charge in [0.2, 0.25) is 17.1 Å². The van der Waals surface area contributed by atoms with Gasteiger partial charge in [-0.3, -0.25) is 4.79 Å². The van der Waals surface area contributed by atoms with Crippen molar-refractivity contribution in [3.63, 3.8) is 0 Å². The van der Waals surface area contributed by atoms with E-state index >= 15 is 0 Å². The molecule has 0 radical (unpaired) electrons. The highest BCUT2D eigenvalue weighted by atomic mass is 35.5. The Bertz CT molecular complexity index is 583. The summed E-state index contributed by atoms with van der Waals surface area (Å²) >= 11 is 5.82. The first kappa shape index (κ1) is 14.4. The summed E-state index contributed by atoms with van der Waals surface area (Å²) < 4.78 is 27.1. The fourth-order valence-electron chi connectivity index (χ4n) is 3.10. The van der Waals surface area contributed by atoms with Crippen molar-refractivity contribution < 1.29 is 13.6 Å². The van der Waals surface area contributed by atoms with Gasteiger partial charge in [-0.15, -0.1) is 0 Å². The lowest BCUT2D eigenvalue weighted by molar-refractivity contribution is -0.118. The molecular formula is C13H15ClF2N4O. The summed E-state index contributed by atoms with van der Waals surface area (Å²) in [7, 11) is 0. The summed E-state index contributed by atoms with van der Waals surface area (Å²) in [6.45, 7) is 1.85. The van der Waals surface area contributed by atoms with Crippen molar-refractivity contribution in [1.29, 1.82) is 0 Å². The summed E-state index contributed by atoms with van der Waals surface area (Å²) in [5.41, 5.74) is 0.421. The van der Waals surface area contributed by atoms with Crippen LogP contribution in [0.15, 0.2) is 6.20 Å². The van der Waals surface area contributed by atoms with E-state index in [0.717, 1.165) is 0 Å². The van der Waals surface area contributed by atoms with Gasteiger partial charge in [-0.2, -0.15) is 4.98 Å². The van der Waals surface area contributed by atoms with Crippen LogP contribution in [0.25, 0.3) is 0 Å². The largest absolute Gasteiger partial charge is 0.339 e. The fraction of sp³-hybridized carbons (Fsp3) is 0.615. The molecule has 0 bridgehead atoms. The lowest BCUT2D eigenvalue weighted by atomic mass is 10.0. The topological polar surface area (TPSA) is 58.1 Å². The third-order valence-corrected chi connectivity index (χ3v) is 4.22. The van der Waals surface area contributed by atoms with Gasteiger partial charge < -0.3 is 10.2 Å². The van der Waals surface area contributed by atoms with Gasteiger partial charge in [-0.05, 0) is 24.4 Å². The number of amides is 1. The van der Waals surface area contributed by atoms with Crippen molar-refractivity contribution in [2.45, 2.75) is 50.6 Å². The van der Waals surface area contributed by atoms with E-state index in [-0.39, 0.29) is 24.0 Å². The van der Waals surface area contributed by atoms with Crippen LogP contribution in [-0.4, -0.2) is 33.9 Å². The van der Waals surface area contributed by atoms with E-state index in [1.807, 2.05) is 6.92 Å². The molecule has 3 rings (SSSR count). The van der Waals surface area contributed by atoms with E-state index in [2.05, 4.69) is 15.3 Å². The van der Waals surface area contributed by atoms with Crippen LogP contribution in [0.5, 0.6) is 0 Å². The minimum atomic E-state index is -2.69. The van der Waals surface area contributed by atoms with Crippen molar-refractivity contribution in [2.24, 2.45) is 0 Å². The van der Waals surface area contributed by atoms with Gasteiger partial charge in [0.15, 0.2) is 5.82 Å². The zero-order chi connectivity index (χ0) is 15.2. The molecule has 1 aromatic rings. The average Bonchev–Trinajstić information content (AvgIpc) is 2.77. The van der Waals surface area contributed by atoms with Crippen LogP contribution >= 0.6 is 11.6 Å². The molecule has 5 nitrogen and oxygen atoms in total. The maximum atomic E-state index is 13.5. The molecule has 1 N–H and O–H groups in total. The van der Waals surface area contributed by atoms with E-state index in [4.69, 9.17) is 11.6 Å². The molecule has 1 amide bonds. The van der Waals surface area contributed by atoms with Gasteiger partial charge >= 0.3 is 0 Å². The highest BCUT2D eigenvalue weighted by Crippen LogP contribution is 2.42. The van der Waals surface area contributed by atoms with Gasteiger partial charge in [0.1, 0.15) is 11.7 Å². The number of carbonyl (C=O) groups excluding carboxylic acids is 1. The Morgan fingerprint density at radius 3 is 2.95 bits per heavy atom. The van der Waals surface area contributed by atoms with Gasteiger partial charge in [0.05, 0.1) is 6.20 Å². The molecule has 1 aliphatic heterocycles. The second-order valence-corrected chi connectivity index (χ2v) is 5.79. The van der Waals surface area contributed by atoms with E-state index in [0.29, 0.717) is 24.3 Å². The summed E-state index contributed by atoms with van der Waals surface area (Å²) in [6.07, 6.45) is 1.82. The van der Waals surface area contributed by atoms with Crippen LogP contribution in [0.1, 0.15) is 32.6 Å². The fourth-order valence-corrected chi connectivity index (χ4v) is 3.23. The Morgan fingerprint density at radius 2 is 2.33 bits per heavy atom. The summed E-state index contributed by atoms with van der Waals surface area (Å²) in [4.78, 5) is 21.8. The van der Waals surface area contributed by atoms with Crippen LogP contribution in [0.4, 0.5) is 20.3 Å². The van der Waals surface area contributed by atoms with Crippen molar-refractivity contribution in [3.05, 3.63) is 11.5 Å². The Hall–Kier alpha value is -1.50. The number of halogens is 3. The number of alkyl halides is 2. The number of rotatable bonds is 2. The first-order chi connectivity index (χ1) is 9.91. The number of anilines is 2. The number of nitrogens with one attached hydrogen (secondary N) is 1. The predicted molar refractivity (Wildman–Crippen MR) is 74.8 cm³/mol. The molecule has 21 heavy (non-hydrogen) atoms. The van der Waals surface area contributed by atoms with E-state index < -0.39 is 18.0 Å². The summed E-state index contributed by atoms with van der Waals surface area (Å²) in [5, 5.41) is 2.75. The normalized spacial score (nSPS) is 27.4. The third-order valence-electron chi connectivity index (χ3n) is 4.04. The molecule has 8 heteroatoms. The Morgan fingerprint density at radius 1 is 1.57 bits per heavy atom. The SMILES string of the molecule is CCC1C(=O)Nc2cnc(Cl)nc2N1[C@@H]1CCC(F)(F)C1.